The van der Waals surface area contributed by atoms with Gasteiger partial charge in [0.15, 0.2) is 0 Å². The number of benzene rings is 1. The van der Waals surface area contributed by atoms with Gasteiger partial charge in [0, 0.05) is 12.8 Å². The smallest absolute Gasteiger partial charge is 0.130 e. The summed E-state index contributed by atoms with van der Waals surface area (Å²) >= 11 is 0. The van der Waals surface area contributed by atoms with E-state index in [-0.39, 0.29) is 0 Å². The van der Waals surface area contributed by atoms with Gasteiger partial charge in [0.2, 0.25) is 0 Å². The van der Waals surface area contributed by atoms with Crippen molar-refractivity contribution in [2.75, 3.05) is 0 Å². The van der Waals surface area contributed by atoms with Crippen LogP contribution in [0.1, 0.15) is 25.8 Å². The summed E-state index contributed by atoms with van der Waals surface area (Å²) in [7, 11) is 0. The van der Waals surface area contributed by atoms with Crippen molar-refractivity contribution in [2.45, 2.75) is 26.7 Å². The normalized spacial score (nSPS) is 15.3. The van der Waals surface area contributed by atoms with Crippen LogP contribution in [0.15, 0.2) is 47.7 Å². The van der Waals surface area contributed by atoms with Gasteiger partial charge in [0.05, 0.1) is 0 Å². The molecule has 0 atom stereocenters. The van der Waals surface area contributed by atoms with Gasteiger partial charge in [0.25, 0.3) is 0 Å². The second-order valence-electron chi connectivity index (χ2n) is 3.69. The Morgan fingerprint density at radius 1 is 1.33 bits per heavy atom. The van der Waals surface area contributed by atoms with Crippen molar-refractivity contribution in [3.8, 4) is 5.75 Å². The van der Waals surface area contributed by atoms with Gasteiger partial charge >= 0.3 is 0 Å². The Bertz CT molecular complexity index is 413. The largest absolute Gasteiger partial charge is 0.461 e. The fraction of sp³-hybridized carbons (Fsp3) is 0.286. The second kappa shape index (κ2) is 4.35. The zero-order chi connectivity index (χ0) is 10.7. The minimum atomic E-state index is 0.952. The highest BCUT2D eigenvalue weighted by molar-refractivity contribution is 5.44. The average molecular weight is 200 g/mol. The van der Waals surface area contributed by atoms with Crippen LogP contribution in [0.5, 0.6) is 5.75 Å². The molecule has 0 aliphatic carbocycles. The van der Waals surface area contributed by atoms with E-state index >= 15 is 0 Å². The fourth-order valence-electron chi connectivity index (χ4n) is 1.90. The molecule has 1 aromatic carbocycles. The molecule has 1 aliphatic heterocycles. The standard InChI is InChI=1S/C14H16O/c1-3-7-11-10-12-8-5-6-9-14(12)15-13(11)4-2/h3,5-9H,4,10H2,1-2H3/b7-3-. The number of allylic oxidation sites excluding steroid dienone is 4. The van der Waals surface area contributed by atoms with Gasteiger partial charge < -0.3 is 4.74 Å². The van der Waals surface area contributed by atoms with Crippen LogP contribution in [0.3, 0.4) is 0 Å². The SMILES string of the molecule is C/C=C\C1=C(CC)Oc2ccccc2C1. The summed E-state index contributed by atoms with van der Waals surface area (Å²) in [5, 5.41) is 0. The molecule has 0 bridgehead atoms. The Morgan fingerprint density at radius 3 is 2.87 bits per heavy atom. The lowest BCUT2D eigenvalue weighted by Gasteiger charge is -2.21. The lowest BCUT2D eigenvalue weighted by Crippen LogP contribution is -2.08. The summed E-state index contributed by atoms with van der Waals surface area (Å²) in [5.74, 6) is 2.12. The summed E-state index contributed by atoms with van der Waals surface area (Å²) in [6.45, 7) is 4.17. The molecule has 2 rings (SSSR count). The first-order chi connectivity index (χ1) is 7.35. The fourth-order valence-corrected chi connectivity index (χ4v) is 1.90. The highest BCUT2D eigenvalue weighted by Crippen LogP contribution is 2.31. The number of hydrogen-bond donors (Lipinski definition) is 0. The average Bonchev–Trinajstić information content (AvgIpc) is 2.28. The Morgan fingerprint density at radius 2 is 2.13 bits per heavy atom. The predicted molar refractivity (Wildman–Crippen MR) is 62.9 cm³/mol. The molecule has 1 nitrogen and oxygen atoms in total. The third-order valence-electron chi connectivity index (χ3n) is 2.63. The lowest BCUT2D eigenvalue weighted by atomic mass is 9.99. The van der Waals surface area contributed by atoms with Crippen molar-refractivity contribution in [3.05, 3.63) is 53.3 Å². The van der Waals surface area contributed by atoms with E-state index in [1.807, 2.05) is 19.1 Å². The number of para-hydroxylation sites is 1. The quantitative estimate of drug-likeness (QED) is 0.704. The molecule has 0 N–H and O–H groups in total. The molecule has 0 aromatic heterocycles. The molecule has 0 spiro atoms. The predicted octanol–water partition coefficient (Wildman–Crippen LogP) is 3.86. The lowest BCUT2D eigenvalue weighted by molar-refractivity contribution is 0.389. The van der Waals surface area contributed by atoms with Crippen LogP contribution >= 0.6 is 0 Å². The van der Waals surface area contributed by atoms with E-state index in [9.17, 15) is 0 Å². The molecule has 1 heterocycles. The molecular formula is C14H16O. The minimum Gasteiger partial charge on any atom is -0.461 e. The summed E-state index contributed by atoms with van der Waals surface area (Å²) in [4.78, 5) is 0. The first-order valence-corrected chi connectivity index (χ1v) is 5.45. The summed E-state index contributed by atoms with van der Waals surface area (Å²) in [6.07, 6.45) is 6.16. The van der Waals surface area contributed by atoms with Crippen molar-refractivity contribution in [2.24, 2.45) is 0 Å². The molecule has 0 saturated carbocycles. The monoisotopic (exact) mass is 200 g/mol. The van der Waals surface area contributed by atoms with Gasteiger partial charge in [-0.1, -0.05) is 37.3 Å². The Hall–Kier alpha value is -1.50. The maximum absolute atomic E-state index is 5.87. The number of fused-ring (bicyclic) bond motifs is 1. The molecule has 0 saturated heterocycles. The third kappa shape index (κ3) is 1.96. The molecule has 15 heavy (non-hydrogen) atoms. The highest BCUT2D eigenvalue weighted by Gasteiger charge is 2.15. The van der Waals surface area contributed by atoms with E-state index in [4.69, 9.17) is 4.74 Å². The van der Waals surface area contributed by atoms with Gasteiger partial charge in [-0.3, -0.25) is 0 Å². The zero-order valence-electron chi connectivity index (χ0n) is 9.29. The molecule has 0 amide bonds. The van der Waals surface area contributed by atoms with E-state index in [2.05, 4.69) is 31.2 Å². The summed E-state index contributed by atoms with van der Waals surface area (Å²) in [5.41, 5.74) is 2.58. The third-order valence-corrected chi connectivity index (χ3v) is 2.63. The van der Waals surface area contributed by atoms with Gasteiger partial charge in [-0.05, 0) is 24.1 Å². The minimum absolute atomic E-state index is 0.952. The van der Waals surface area contributed by atoms with Gasteiger partial charge in [-0.15, -0.1) is 0 Å². The number of ether oxygens (including phenoxy) is 1. The van der Waals surface area contributed by atoms with E-state index in [0.29, 0.717) is 0 Å². The van der Waals surface area contributed by atoms with Crippen LogP contribution in [-0.2, 0) is 6.42 Å². The van der Waals surface area contributed by atoms with E-state index < -0.39 is 0 Å². The number of hydrogen-bond acceptors (Lipinski definition) is 1. The Labute approximate surface area is 91.1 Å². The second-order valence-corrected chi connectivity index (χ2v) is 3.69. The van der Waals surface area contributed by atoms with Crippen molar-refractivity contribution < 1.29 is 4.74 Å². The Kier molecular flexibility index (Phi) is 2.91. The van der Waals surface area contributed by atoms with Crippen molar-refractivity contribution >= 4 is 0 Å². The van der Waals surface area contributed by atoms with Crippen molar-refractivity contribution in [1.29, 1.82) is 0 Å². The van der Waals surface area contributed by atoms with E-state index in [1.165, 1.54) is 11.1 Å². The first-order valence-electron chi connectivity index (χ1n) is 5.45. The maximum Gasteiger partial charge on any atom is 0.130 e. The summed E-state index contributed by atoms with van der Waals surface area (Å²) < 4.78 is 5.87. The molecule has 0 radical (unpaired) electrons. The van der Waals surface area contributed by atoms with Gasteiger partial charge in [-0.25, -0.2) is 0 Å². The van der Waals surface area contributed by atoms with Gasteiger partial charge in [-0.2, -0.15) is 0 Å². The molecule has 1 aromatic rings. The van der Waals surface area contributed by atoms with Gasteiger partial charge in [0.1, 0.15) is 11.5 Å². The van der Waals surface area contributed by atoms with Crippen LogP contribution in [0.4, 0.5) is 0 Å². The highest BCUT2D eigenvalue weighted by atomic mass is 16.5. The molecule has 1 aliphatic rings. The van der Waals surface area contributed by atoms with Crippen LogP contribution in [0.25, 0.3) is 0 Å². The maximum atomic E-state index is 5.87. The molecular weight excluding hydrogens is 184 g/mol. The summed E-state index contributed by atoms with van der Waals surface area (Å²) in [6, 6.07) is 8.25. The molecule has 0 fully saturated rings. The van der Waals surface area contributed by atoms with Crippen LogP contribution in [0, 0.1) is 0 Å². The van der Waals surface area contributed by atoms with Crippen molar-refractivity contribution in [3.63, 3.8) is 0 Å². The van der Waals surface area contributed by atoms with E-state index in [0.717, 1.165) is 24.4 Å². The number of rotatable bonds is 2. The van der Waals surface area contributed by atoms with Crippen LogP contribution < -0.4 is 4.74 Å². The topological polar surface area (TPSA) is 9.23 Å². The van der Waals surface area contributed by atoms with Crippen LogP contribution in [0.2, 0.25) is 0 Å². The molecule has 78 valence electrons. The first kappa shape index (κ1) is 10.0. The zero-order valence-corrected chi connectivity index (χ0v) is 9.29. The van der Waals surface area contributed by atoms with E-state index in [1.54, 1.807) is 0 Å². The van der Waals surface area contributed by atoms with Crippen molar-refractivity contribution in [1.82, 2.24) is 0 Å². The molecule has 1 heteroatoms. The molecule has 0 unspecified atom stereocenters. The Balaban J connectivity index is 2.37. The van der Waals surface area contributed by atoms with Crippen LogP contribution in [-0.4, -0.2) is 0 Å².